The van der Waals surface area contributed by atoms with Crippen LogP contribution in [0.5, 0.6) is 0 Å². The molecule has 0 aromatic heterocycles. The van der Waals surface area contributed by atoms with Crippen LogP contribution in [-0.2, 0) is 14.3 Å². The number of nitrogens with two attached hydrogens (primary N) is 1. The van der Waals surface area contributed by atoms with Gasteiger partial charge in [-0.2, -0.15) is 0 Å². The van der Waals surface area contributed by atoms with Crippen molar-refractivity contribution in [1.29, 1.82) is 0 Å². The van der Waals surface area contributed by atoms with Crippen LogP contribution in [0.25, 0.3) is 0 Å². The lowest BCUT2D eigenvalue weighted by molar-refractivity contribution is -0.203. The van der Waals surface area contributed by atoms with Crippen molar-refractivity contribution in [2.75, 3.05) is 13.2 Å². The molecule has 0 aromatic carbocycles. The summed E-state index contributed by atoms with van der Waals surface area (Å²) in [5.41, 5.74) is 5.38. The van der Waals surface area contributed by atoms with Crippen molar-refractivity contribution in [3.8, 4) is 0 Å². The predicted octanol–water partition coefficient (Wildman–Crippen LogP) is -2.43. The molecule has 1 rings (SSSR count). The van der Waals surface area contributed by atoms with E-state index in [4.69, 9.17) is 10.5 Å². The van der Waals surface area contributed by atoms with Crippen LogP contribution < -0.4 is 16.4 Å². The SMILES string of the molecule is CC(=O)N[C@H]1[C@H](O)[C@H](O)[C@@H](CO)O[C@H]1NC(=O)CCCCCN. The molecule has 1 aliphatic rings. The normalized spacial score (nSPS) is 30.7. The number of aliphatic hydroxyl groups excluding tert-OH is 3. The molecule has 1 fully saturated rings. The third-order valence-electron chi connectivity index (χ3n) is 3.71. The van der Waals surface area contributed by atoms with Gasteiger partial charge in [0, 0.05) is 13.3 Å². The first-order valence-corrected chi connectivity index (χ1v) is 7.79. The maximum atomic E-state index is 11.9. The van der Waals surface area contributed by atoms with Gasteiger partial charge in [-0.15, -0.1) is 0 Å². The lowest BCUT2D eigenvalue weighted by atomic mass is 9.95. The summed E-state index contributed by atoms with van der Waals surface area (Å²) in [6.07, 6.45) is -2.23. The largest absolute Gasteiger partial charge is 0.394 e. The van der Waals surface area contributed by atoms with Gasteiger partial charge in [0.25, 0.3) is 0 Å². The Labute approximate surface area is 135 Å². The fourth-order valence-corrected chi connectivity index (χ4v) is 2.47. The molecule has 0 radical (unpaired) electrons. The molecule has 0 aliphatic carbocycles. The van der Waals surface area contributed by atoms with Crippen molar-refractivity contribution in [3.63, 3.8) is 0 Å². The smallest absolute Gasteiger partial charge is 0.222 e. The number of carbonyl (C=O) groups excluding carboxylic acids is 2. The van der Waals surface area contributed by atoms with Gasteiger partial charge in [-0.05, 0) is 19.4 Å². The number of hydrogen-bond acceptors (Lipinski definition) is 7. The molecule has 7 N–H and O–H groups in total. The predicted molar refractivity (Wildman–Crippen MR) is 81.0 cm³/mol. The minimum Gasteiger partial charge on any atom is -0.394 e. The first-order chi connectivity index (χ1) is 10.9. The van der Waals surface area contributed by atoms with Crippen LogP contribution in [0.15, 0.2) is 0 Å². The third-order valence-corrected chi connectivity index (χ3v) is 3.71. The number of nitrogens with one attached hydrogen (secondary N) is 2. The summed E-state index contributed by atoms with van der Waals surface area (Å²) in [4.78, 5) is 23.2. The van der Waals surface area contributed by atoms with Gasteiger partial charge in [0.05, 0.1) is 6.61 Å². The quantitative estimate of drug-likeness (QED) is 0.270. The van der Waals surface area contributed by atoms with E-state index in [9.17, 15) is 24.9 Å². The highest BCUT2D eigenvalue weighted by atomic mass is 16.5. The Hall–Kier alpha value is -1.26. The number of rotatable bonds is 8. The van der Waals surface area contributed by atoms with E-state index in [1.54, 1.807) is 0 Å². The minimum atomic E-state index is -1.37. The van der Waals surface area contributed by atoms with Crippen LogP contribution >= 0.6 is 0 Å². The Balaban J connectivity index is 2.65. The Morgan fingerprint density at radius 1 is 1.13 bits per heavy atom. The van der Waals surface area contributed by atoms with Gasteiger partial charge < -0.3 is 36.4 Å². The van der Waals surface area contributed by atoms with Crippen LogP contribution in [0.2, 0.25) is 0 Å². The minimum absolute atomic E-state index is 0.259. The number of hydrogen-bond donors (Lipinski definition) is 6. The standard InChI is InChI=1S/C14H27N3O6/c1-8(19)16-11-13(22)12(21)9(7-18)23-14(11)17-10(20)5-3-2-4-6-15/h9,11-14,18,21-22H,2-7,15H2,1H3,(H,16,19)(H,17,20)/t9-,11+,12-,13+,14-/m1/s1. The Morgan fingerprint density at radius 3 is 2.39 bits per heavy atom. The molecule has 134 valence electrons. The first-order valence-electron chi connectivity index (χ1n) is 7.79. The Morgan fingerprint density at radius 2 is 1.83 bits per heavy atom. The molecule has 0 spiro atoms. The molecule has 5 atom stereocenters. The number of aliphatic hydroxyl groups is 3. The van der Waals surface area contributed by atoms with Crippen LogP contribution in [0.1, 0.15) is 32.6 Å². The zero-order valence-electron chi connectivity index (χ0n) is 13.3. The second-order valence-electron chi connectivity index (χ2n) is 5.65. The molecular weight excluding hydrogens is 306 g/mol. The lowest BCUT2D eigenvalue weighted by Gasteiger charge is -2.42. The number of unbranched alkanes of at least 4 members (excludes halogenated alkanes) is 2. The monoisotopic (exact) mass is 333 g/mol. The highest BCUT2D eigenvalue weighted by molar-refractivity contribution is 5.76. The van der Waals surface area contributed by atoms with E-state index in [1.807, 2.05) is 0 Å². The van der Waals surface area contributed by atoms with Crippen LogP contribution in [0.3, 0.4) is 0 Å². The maximum absolute atomic E-state index is 11.9. The summed E-state index contributed by atoms with van der Waals surface area (Å²) < 4.78 is 5.40. The average Bonchev–Trinajstić information content (AvgIpc) is 2.50. The summed E-state index contributed by atoms with van der Waals surface area (Å²) in [7, 11) is 0. The van der Waals surface area contributed by atoms with Gasteiger partial charge in [0.1, 0.15) is 24.4 Å². The molecule has 0 saturated carbocycles. The molecule has 0 unspecified atom stereocenters. The summed E-state index contributed by atoms with van der Waals surface area (Å²) in [5, 5.41) is 34.2. The Kier molecular flexibility index (Phi) is 8.42. The molecule has 0 bridgehead atoms. The summed E-state index contributed by atoms with van der Waals surface area (Å²) in [6.45, 7) is 1.30. The van der Waals surface area contributed by atoms with Crippen molar-refractivity contribution >= 4 is 11.8 Å². The number of ether oxygens (including phenoxy) is 1. The fourth-order valence-electron chi connectivity index (χ4n) is 2.47. The first kappa shape index (κ1) is 19.8. The van der Waals surface area contributed by atoms with E-state index < -0.39 is 43.1 Å². The molecule has 1 heterocycles. The fraction of sp³-hybridized carbons (Fsp3) is 0.857. The molecule has 1 aliphatic heterocycles. The second kappa shape index (κ2) is 9.78. The van der Waals surface area contributed by atoms with E-state index in [0.29, 0.717) is 13.0 Å². The van der Waals surface area contributed by atoms with Crippen molar-refractivity contribution in [1.82, 2.24) is 10.6 Å². The maximum Gasteiger partial charge on any atom is 0.222 e. The molecule has 1 saturated heterocycles. The average molecular weight is 333 g/mol. The van der Waals surface area contributed by atoms with E-state index >= 15 is 0 Å². The van der Waals surface area contributed by atoms with E-state index in [0.717, 1.165) is 12.8 Å². The van der Waals surface area contributed by atoms with E-state index in [2.05, 4.69) is 10.6 Å². The van der Waals surface area contributed by atoms with Gasteiger partial charge in [0.15, 0.2) is 6.23 Å². The van der Waals surface area contributed by atoms with Crippen molar-refractivity contribution in [2.45, 2.75) is 63.2 Å². The zero-order valence-corrected chi connectivity index (χ0v) is 13.3. The molecule has 9 heteroatoms. The van der Waals surface area contributed by atoms with Gasteiger partial charge in [-0.25, -0.2) is 0 Å². The molecular formula is C14H27N3O6. The zero-order chi connectivity index (χ0) is 17.4. The molecule has 9 nitrogen and oxygen atoms in total. The van der Waals surface area contributed by atoms with Crippen LogP contribution in [0, 0.1) is 0 Å². The second-order valence-corrected chi connectivity index (χ2v) is 5.65. The number of amides is 2. The molecule has 23 heavy (non-hydrogen) atoms. The van der Waals surface area contributed by atoms with Gasteiger partial charge in [-0.1, -0.05) is 6.42 Å². The van der Waals surface area contributed by atoms with Gasteiger partial charge in [-0.3, -0.25) is 9.59 Å². The lowest BCUT2D eigenvalue weighted by Crippen LogP contribution is -2.68. The number of carbonyl (C=O) groups is 2. The Bertz CT molecular complexity index is 395. The molecule has 0 aromatic rings. The van der Waals surface area contributed by atoms with Gasteiger partial charge in [0.2, 0.25) is 11.8 Å². The van der Waals surface area contributed by atoms with Crippen molar-refractivity contribution < 1.29 is 29.6 Å². The summed E-state index contributed by atoms with van der Waals surface area (Å²) in [6, 6.07) is -1.00. The van der Waals surface area contributed by atoms with Crippen LogP contribution in [0.4, 0.5) is 0 Å². The highest BCUT2D eigenvalue weighted by Gasteiger charge is 2.45. The topological polar surface area (TPSA) is 154 Å². The van der Waals surface area contributed by atoms with E-state index in [1.165, 1.54) is 6.92 Å². The van der Waals surface area contributed by atoms with Crippen molar-refractivity contribution in [3.05, 3.63) is 0 Å². The van der Waals surface area contributed by atoms with Crippen LogP contribution in [-0.4, -0.2) is 70.9 Å². The van der Waals surface area contributed by atoms with Crippen molar-refractivity contribution in [2.24, 2.45) is 5.73 Å². The molecule has 2 amide bonds. The summed E-state index contributed by atoms with van der Waals surface area (Å²) in [5.74, 6) is -0.739. The van der Waals surface area contributed by atoms with Gasteiger partial charge >= 0.3 is 0 Å². The highest BCUT2D eigenvalue weighted by Crippen LogP contribution is 2.20. The van der Waals surface area contributed by atoms with E-state index in [-0.39, 0.29) is 12.3 Å². The third kappa shape index (κ3) is 6.04. The summed E-state index contributed by atoms with van der Waals surface area (Å²) >= 11 is 0.